The van der Waals surface area contributed by atoms with Gasteiger partial charge < -0.3 is 14.6 Å². The van der Waals surface area contributed by atoms with E-state index in [0.29, 0.717) is 18.3 Å². The first-order valence-corrected chi connectivity index (χ1v) is 10.2. The minimum atomic E-state index is 0.0649. The SMILES string of the molecule is COc1cccc(NC(=O)CCC2CCN(Cc3noc(C4CC4)n3)CC2)c1. The molecule has 1 N–H and O–H groups in total. The monoisotopic (exact) mass is 384 g/mol. The molecule has 1 saturated heterocycles. The third-order valence-corrected chi connectivity index (χ3v) is 5.62. The van der Waals surface area contributed by atoms with E-state index in [4.69, 9.17) is 9.26 Å². The normalized spacial score (nSPS) is 18.2. The van der Waals surface area contributed by atoms with Crippen molar-refractivity contribution in [1.29, 1.82) is 0 Å². The number of carbonyl (C=O) groups is 1. The Kier molecular flexibility index (Phi) is 5.90. The highest BCUT2D eigenvalue weighted by molar-refractivity contribution is 5.90. The van der Waals surface area contributed by atoms with Gasteiger partial charge in [-0.2, -0.15) is 4.98 Å². The number of benzene rings is 1. The van der Waals surface area contributed by atoms with E-state index >= 15 is 0 Å². The molecule has 2 aliphatic rings. The van der Waals surface area contributed by atoms with Crippen LogP contribution in [0.1, 0.15) is 56.2 Å². The molecule has 1 aromatic carbocycles. The summed E-state index contributed by atoms with van der Waals surface area (Å²) in [5, 5.41) is 7.07. The number of ether oxygens (including phenoxy) is 1. The van der Waals surface area contributed by atoms with E-state index in [1.165, 1.54) is 12.8 Å². The van der Waals surface area contributed by atoms with E-state index in [2.05, 4.69) is 20.4 Å². The Labute approximate surface area is 165 Å². The molecule has 0 radical (unpaired) electrons. The number of piperidine rings is 1. The van der Waals surface area contributed by atoms with Gasteiger partial charge in [-0.05, 0) is 63.2 Å². The predicted octanol–water partition coefficient (Wildman–Crippen LogP) is 3.59. The number of hydrogen-bond acceptors (Lipinski definition) is 6. The number of aromatic nitrogens is 2. The number of methoxy groups -OCH3 is 1. The van der Waals surface area contributed by atoms with Crippen molar-refractivity contribution in [1.82, 2.24) is 15.0 Å². The molecule has 1 amide bonds. The second-order valence-corrected chi connectivity index (χ2v) is 7.86. The fourth-order valence-corrected chi connectivity index (χ4v) is 3.72. The number of nitrogens with zero attached hydrogens (tertiary/aromatic N) is 3. The molecule has 1 aromatic heterocycles. The van der Waals surface area contributed by atoms with Crippen LogP contribution >= 0.6 is 0 Å². The lowest BCUT2D eigenvalue weighted by molar-refractivity contribution is -0.116. The predicted molar refractivity (Wildman–Crippen MR) is 105 cm³/mol. The van der Waals surface area contributed by atoms with Crippen molar-refractivity contribution in [3.63, 3.8) is 0 Å². The zero-order valence-electron chi connectivity index (χ0n) is 16.4. The second kappa shape index (κ2) is 8.73. The Bertz CT molecular complexity index is 794. The number of amides is 1. The van der Waals surface area contributed by atoms with Gasteiger partial charge in [0.15, 0.2) is 5.82 Å². The molecule has 2 heterocycles. The van der Waals surface area contributed by atoms with Crippen molar-refractivity contribution in [2.24, 2.45) is 5.92 Å². The second-order valence-electron chi connectivity index (χ2n) is 7.86. The van der Waals surface area contributed by atoms with E-state index in [1.807, 2.05) is 24.3 Å². The van der Waals surface area contributed by atoms with Gasteiger partial charge in [-0.15, -0.1) is 0 Å². The number of carbonyl (C=O) groups excluding carboxylic acids is 1. The van der Waals surface area contributed by atoms with E-state index in [-0.39, 0.29) is 5.91 Å². The molecule has 4 rings (SSSR count). The van der Waals surface area contributed by atoms with Crippen LogP contribution in [0.2, 0.25) is 0 Å². The van der Waals surface area contributed by atoms with Gasteiger partial charge >= 0.3 is 0 Å². The van der Waals surface area contributed by atoms with Gasteiger partial charge in [0.25, 0.3) is 0 Å². The number of nitrogens with one attached hydrogen (secondary N) is 1. The number of rotatable bonds is 8. The molecule has 7 heteroatoms. The van der Waals surface area contributed by atoms with Crippen molar-refractivity contribution >= 4 is 11.6 Å². The molecule has 7 nitrogen and oxygen atoms in total. The summed E-state index contributed by atoms with van der Waals surface area (Å²) in [5.41, 5.74) is 0.782. The Morgan fingerprint density at radius 2 is 2.11 bits per heavy atom. The number of likely N-dealkylation sites (tertiary alicyclic amines) is 1. The summed E-state index contributed by atoms with van der Waals surface area (Å²) in [6, 6.07) is 7.46. The maximum atomic E-state index is 12.2. The molecule has 0 atom stereocenters. The smallest absolute Gasteiger partial charge is 0.229 e. The minimum Gasteiger partial charge on any atom is -0.497 e. The molecule has 0 bridgehead atoms. The maximum absolute atomic E-state index is 12.2. The van der Waals surface area contributed by atoms with Crippen molar-refractivity contribution in [2.45, 2.75) is 51.0 Å². The van der Waals surface area contributed by atoms with Crippen LogP contribution in [0.25, 0.3) is 0 Å². The highest BCUT2D eigenvalue weighted by Gasteiger charge is 2.30. The molecule has 1 aliphatic carbocycles. The van der Waals surface area contributed by atoms with Crippen LogP contribution in [0.4, 0.5) is 5.69 Å². The lowest BCUT2D eigenvalue weighted by Gasteiger charge is -2.30. The highest BCUT2D eigenvalue weighted by atomic mass is 16.5. The molecule has 1 aliphatic heterocycles. The first kappa shape index (κ1) is 18.9. The lowest BCUT2D eigenvalue weighted by atomic mass is 9.92. The molecular weight excluding hydrogens is 356 g/mol. The first-order chi connectivity index (χ1) is 13.7. The Morgan fingerprint density at radius 1 is 1.29 bits per heavy atom. The Balaban J connectivity index is 1.16. The quantitative estimate of drug-likeness (QED) is 0.749. The fourth-order valence-electron chi connectivity index (χ4n) is 3.72. The van der Waals surface area contributed by atoms with E-state index < -0.39 is 0 Å². The van der Waals surface area contributed by atoms with Crippen LogP contribution in [-0.4, -0.2) is 41.1 Å². The zero-order chi connectivity index (χ0) is 19.3. The molecular formula is C21H28N4O3. The maximum Gasteiger partial charge on any atom is 0.229 e. The van der Waals surface area contributed by atoms with Crippen LogP contribution in [0.3, 0.4) is 0 Å². The molecule has 1 saturated carbocycles. The third kappa shape index (κ3) is 5.10. The summed E-state index contributed by atoms with van der Waals surface area (Å²) >= 11 is 0. The molecule has 0 spiro atoms. The van der Waals surface area contributed by atoms with Gasteiger partial charge in [0.2, 0.25) is 11.8 Å². The van der Waals surface area contributed by atoms with Crippen molar-refractivity contribution in [3.8, 4) is 5.75 Å². The molecule has 0 unspecified atom stereocenters. The molecule has 2 aromatic rings. The average Bonchev–Trinajstić information content (AvgIpc) is 3.47. The number of anilines is 1. The van der Waals surface area contributed by atoms with Gasteiger partial charge in [0, 0.05) is 24.1 Å². The minimum absolute atomic E-state index is 0.0649. The van der Waals surface area contributed by atoms with Gasteiger partial charge in [-0.25, -0.2) is 0 Å². The molecule has 2 fully saturated rings. The summed E-state index contributed by atoms with van der Waals surface area (Å²) in [5.74, 6) is 3.53. The van der Waals surface area contributed by atoms with Crippen LogP contribution < -0.4 is 10.1 Å². The van der Waals surface area contributed by atoms with Crippen LogP contribution in [-0.2, 0) is 11.3 Å². The summed E-state index contributed by atoms with van der Waals surface area (Å²) in [6.07, 6.45) is 6.06. The average molecular weight is 384 g/mol. The van der Waals surface area contributed by atoms with Crippen LogP contribution in [0.5, 0.6) is 5.75 Å². The van der Waals surface area contributed by atoms with E-state index in [0.717, 1.165) is 62.0 Å². The Hall–Kier alpha value is -2.41. The third-order valence-electron chi connectivity index (χ3n) is 5.62. The summed E-state index contributed by atoms with van der Waals surface area (Å²) in [6.45, 7) is 2.81. The summed E-state index contributed by atoms with van der Waals surface area (Å²) in [7, 11) is 1.62. The molecule has 150 valence electrons. The zero-order valence-corrected chi connectivity index (χ0v) is 16.4. The summed E-state index contributed by atoms with van der Waals surface area (Å²) < 4.78 is 10.5. The van der Waals surface area contributed by atoms with Crippen molar-refractivity contribution in [3.05, 3.63) is 36.0 Å². The largest absolute Gasteiger partial charge is 0.497 e. The first-order valence-electron chi connectivity index (χ1n) is 10.2. The topological polar surface area (TPSA) is 80.5 Å². The Morgan fingerprint density at radius 3 is 2.86 bits per heavy atom. The molecule has 28 heavy (non-hydrogen) atoms. The van der Waals surface area contributed by atoms with Gasteiger partial charge in [-0.1, -0.05) is 11.2 Å². The number of hydrogen-bond donors (Lipinski definition) is 1. The van der Waals surface area contributed by atoms with Gasteiger partial charge in [0.1, 0.15) is 5.75 Å². The van der Waals surface area contributed by atoms with Crippen LogP contribution in [0, 0.1) is 5.92 Å². The standard InChI is InChI=1S/C21H28N4O3/c1-27-18-4-2-3-17(13-18)22-20(26)8-5-15-9-11-25(12-10-15)14-19-23-21(28-24-19)16-6-7-16/h2-4,13,15-16H,5-12,14H2,1H3,(H,22,26). The van der Waals surface area contributed by atoms with Gasteiger partial charge in [0.05, 0.1) is 13.7 Å². The fraction of sp³-hybridized carbons (Fsp3) is 0.571. The van der Waals surface area contributed by atoms with Crippen molar-refractivity contribution in [2.75, 3.05) is 25.5 Å². The van der Waals surface area contributed by atoms with Crippen molar-refractivity contribution < 1.29 is 14.1 Å². The van der Waals surface area contributed by atoms with Gasteiger partial charge in [-0.3, -0.25) is 9.69 Å². The summed E-state index contributed by atoms with van der Waals surface area (Å²) in [4.78, 5) is 19.1. The lowest BCUT2D eigenvalue weighted by Crippen LogP contribution is -2.33. The highest BCUT2D eigenvalue weighted by Crippen LogP contribution is 2.38. The van der Waals surface area contributed by atoms with Crippen LogP contribution in [0.15, 0.2) is 28.8 Å². The van der Waals surface area contributed by atoms with E-state index in [1.54, 1.807) is 7.11 Å². The van der Waals surface area contributed by atoms with E-state index in [9.17, 15) is 4.79 Å².